The Labute approximate surface area is 211 Å². The molecular weight excluding hydrogens is 458 g/mol. The minimum absolute atomic E-state index is 0.146. The molecule has 2 fully saturated rings. The molecule has 0 saturated carbocycles. The molecule has 0 radical (unpaired) electrons. The van der Waals surface area contributed by atoms with E-state index in [0.29, 0.717) is 18.4 Å². The van der Waals surface area contributed by atoms with E-state index in [-0.39, 0.29) is 5.91 Å². The number of piperidine rings is 2. The number of carbonyl (C=O) groups is 1. The molecule has 2 unspecified atom stereocenters. The number of hydrogen-bond donors (Lipinski definition) is 0. The first-order valence-corrected chi connectivity index (χ1v) is 13.8. The van der Waals surface area contributed by atoms with Crippen LogP contribution in [-0.4, -0.2) is 51.8 Å². The Balaban J connectivity index is 1.33. The summed E-state index contributed by atoms with van der Waals surface area (Å²) in [5, 5.41) is 10.1. The summed E-state index contributed by atoms with van der Waals surface area (Å²) in [6, 6.07) is 12.0. The highest BCUT2D eigenvalue weighted by atomic mass is 32.2. The van der Waals surface area contributed by atoms with Gasteiger partial charge in [0, 0.05) is 37.5 Å². The van der Waals surface area contributed by atoms with Crippen molar-refractivity contribution in [1.29, 1.82) is 0 Å². The molecule has 2 saturated heterocycles. The zero-order chi connectivity index (χ0) is 24.2. The lowest BCUT2D eigenvalue weighted by Crippen LogP contribution is -2.40. The number of thioether (sulfide) groups is 1. The van der Waals surface area contributed by atoms with Crippen molar-refractivity contribution in [3.63, 3.8) is 0 Å². The van der Waals surface area contributed by atoms with E-state index in [9.17, 15) is 4.79 Å². The summed E-state index contributed by atoms with van der Waals surface area (Å²) in [6.07, 6.45) is 6.38. The highest BCUT2D eigenvalue weighted by molar-refractivity contribution is 7.98. The summed E-state index contributed by atoms with van der Waals surface area (Å²) < 4.78 is 7.84. The van der Waals surface area contributed by atoms with Crippen molar-refractivity contribution in [3.05, 3.63) is 59.5 Å². The number of benzene rings is 1. The van der Waals surface area contributed by atoms with E-state index in [2.05, 4.69) is 39.6 Å². The van der Waals surface area contributed by atoms with E-state index < -0.39 is 0 Å². The van der Waals surface area contributed by atoms with Crippen LogP contribution in [0.4, 0.5) is 5.95 Å². The molecule has 0 N–H and O–H groups in total. The van der Waals surface area contributed by atoms with Crippen LogP contribution in [0.25, 0.3) is 0 Å². The van der Waals surface area contributed by atoms with Gasteiger partial charge in [0.15, 0.2) is 5.16 Å². The molecule has 2 aromatic heterocycles. The van der Waals surface area contributed by atoms with Crippen LogP contribution in [0.1, 0.15) is 61.2 Å². The third kappa shape index (κ3) is 5.74. The Morgan fingerprint density at radius 1 is 1.06 bits per heavy atom. The predicted octanol–water partition coefficient (Wildman–Crippen LogP) is 5.32. The van der Waals surface area contributed by atoms with Crippen LogP contribution in [0, 0.1) is 11.8 Å². The summed E-state index contributed by atoms with van der Waals surface area (Å²) in [4.78, 5) is 17.3. The van der Waals surface area contributed by atoms with Crippen molar-refractivity contribution in [2.24, 2.45) is 11.8 Å². The standard InChI is InChI=1S/C27H35N5O2S/c1-20-14-21(2)17-31(16-20)26-28-29-27(32(26)18-24-10-7-13-34-24)35-19-22-8-6-9-23(15-22)25(33)30-11-4-3-5-12-30/h6-10,13,15,20-21H,3-5,11-12,14,16-19H2,1-2H3. The number of hydrogen-bond acceptors (Lipinski definition) is 6. The first kappa shape index (κ1) is 24.0. The third-order valence-corrected chi connectivity index (χ3v) is 7.97. The molecule has 2 aliphatic heterocycles. The molecule has 2 aliphatic rings. The van der Waals surface area contributed by atoms with Gasteiger partial charge in [-0.25, -0.2) is 0 Å². The van der Waals surface area contributed by atoms with Gasteiger partial charge in [-0.1, -0.05) is 37.7 Å². The third-order valence-electron chi connectivity index (χ3n) is 6.93. The number of furan rings is 1. The second kappa shape index (κ2) is 10.9. The molecule has 1 amide bonds. The van der Waals surface area contributed by atoms with Crippen LogP contribution in [0.3, 0.4) is 0 Å². The van der Waals surface area contributed by atoms with Gasteiger partial charge in [-0.3, -0.25) is 9.36 Å². The van der Waals surface area contributed by atoms with Crippen LogP contribution in [0.2, 0.25) is 0 Å². The minimum atomic E-state index is 0.146. The van der Waals surface area contributed by atoms with Gasteiger partial charge in [0.25, 0.3) is 5.91 Å². The summed E-state index contributed by atoms with van der Waals surface area (Å²) in [6.45, 7) is 8.93. The Hall–Kier alpha value is -2.74. The minimum Gasteiger partial charge on any atom is -0.467 e. The molecule has 5 rings (SSSR count). The number of amides is 1. The van der Waals surface area contributed by atoms with Gasteiger partial charge in [0.2, 0.25) is 5.95 Å². The van der Waals surface area contributed by atoms with Gasteiger partial charge in [0.1, 0.15) is 5.76 Å². The molecule has 4 heterocycles. The van der Waals surface area contributed by atoms with Gasteiger partial charge in [-0.05, 0) is 67.3 Å². The number of anilines is 1. The van der Waals surface area contributed by atoms with Crippen molar-refractivity contribution < 1.29 is 9.21 Å². The normalized spacial score (nSPS) is 20.9. The molecule has 35 heavy (non-hydrogen) atoms. The highest BCUT2D eigenvalue weighted by Crippen LogP contribution is 2.30. The van der Waals surface area contributed by atoms with E-state index in [1.165, 1.54) is 12.8 Å². The zero-order valence-corrected chi connectivity index (χ0v) is 21.5. The smallest absolute Gasteiger partial charge is 0.253 e. The fraction of sp³-hybridized carbons (Fsp3) is 0.519. The molecule has 2 atom stereocenters. The lowest BCUT2D eigenvalue weighted by molar-refractivity contribution is 0.0724. The van der Waals surface area contributed by atoms with E-state index >= 15 is 0 Å². The van der Waals surface area contributed by atoms with E-state index in [4.69, 9.17) is 4.42 Å². The lowest BCUT2D eigenvalue weighted by Gasteiger charge is -2.35. The maximum atomic E-state index is 13.0. The van der Waals surface area contributed by atoms with E-state index in [1.807, 2.05) is 35.2 Å². The van der Waals surface area contributed by atoms with E-state index in [1.54, 1.807) is 18.0 Å². The monoisotopic (exact) mass is 493 g/mol. The molecular formula is C27H35N5O2S. The SMILES string of the molecule is CC1CC(C)CN(c2nnc(SCc3cccc(C(=O)N4CCCCC4)c3)n2Cc2ccco2)C1. The molecule has 0 bridgehead atoms. The first-order valence-electron chi connectivity index (χ1n) is 12.8. The van der Waals surface area contributed by atoms with Gasteiger partial charge in [-0.15, -0.1) is 10.2 Å². The maximum Gasteiger partial charge on any atom is 0.253 e. The van der Waals surface area contributed by atoms with Gasteiger partial charge >= 0.3 is 0 Å². The fourth-order valence-corrected chi connectivity index (χ4v) is 6.24. The van der Waals surface area contributed by atoms with Crippen molar-refractivity contribution >= 4 is 23.6 Å². The molecule has 186 valence electrons. The lowest BCUT2D eigenvalue weighted by atomic mass is 9.92. The topological polar surface area (TPSA) is 67.4 Å². The largest absolute Gasteiger partial charge is 0.467 e. The number of rotatable bonds is 7. The van der Waals surface area contributed by atoms with Crippen molar-refractivity contribution in [2.75, 3.05) is 31.1 Å². The molecule has 3 aromatic rings. The number of likely N-dealkylation sites (tertiary alicyclic amines) is 1. The van der Waals surface area contributed by atoms with E-state index in [0.717, 1.165) is 72.8 Å². The summed E-state index contributed by atoms with van der Waals surface area (Å²) in [5.74, 6) is 3.93. The van der Waals surface area contributed by atoms with Crippen LogP contribution in [-0.2, 0) is 12.3 Å². The van der Waals surface area contributed by atoms with Crippen molar-refractivity contribution in [2.45, 2.75) is 57.0 Å². The number of nitrogens with zero attached hydrogens (tertiary/aromatic N) is 5. The van der Waals surface area contributed by atoms with Gasteiger partial charge in [-0.2, -0.15) is 0 Å². The number of carbonyl (C=O) groups excluding carboxylic acids is 1. The maximum absolute atomic E-state index is 13.0. The van der Waals surface area contributed by atoms with Gasteiger partial charge < -0.3 is 14.2 Å². The number of aromatic nitrogens is 3. The van der Waals surface area contributed by atoms with Crippen LogP contribution in [0.5, 0.6) is 0 Å². The average molecular weight is 494 g/mol. The fourth-order valence-electron chi connectivity index (χ4n) is 5.37. The molecule has 0 spiro atoms. The second-order valence-electron chi connectivity index (χ2n) is 10.1. The van der Waals surface area contributed by atoms with Crippen molar-refractivity contribution in [3.8, 4) is 0 Å². The summed E-state index contributed by atoms with van der Waals surface area (Å²) in [5.41, 5.74) is 1.89. The molecule has 1 aromatic carbocycles. The Kier molecular flexibility index (Phi) is 7.46. The predicted molar refractivity (Wildman–Crippen MR) is 139 cm³/mol. The first-order chi connectivity index (χ1) is 17.1. The molecule has 0 aliphatic carbocycles. The quantitative estimate of drug-likeness (QED) is 0.415. The Bertz CT molecular complexity index is 1110. The average Bonchev–Trinajstić information content (AvgIpc) is 3.53. The van der Waals surface area contributed by atoms with Crippen LogP contribution >= 0.6 is 11.8 Å². The molecule has 8 heteroatoms. The summed E-state index contributed by atoms with van der Waals surface area (Å²) >= 11 is 1.66. The highest BCUT2D eigenvalue weighted by Gasteiger charge is 2.27. The Morgan fingerprint density at radius 3 is 2.60 bits per heavy atom. The molecule has 7 nitrogen and oxygen atoms in total. The Morgan fingerprint density at radius 2 is 1.86 bits per heavy atom. The summed E-state index contributed by atoms with van der Waals surface area (Å²) in [7, 11) is 0. The van der Waals surface area contributed by atoms with Crippen LogP contribution < -0.4 is 4.90 Å². The van der Waals surface area contributed by atoms with Crippen molar-refractivity contribution in [1.82, 2.24) is 19.7 Å². The van der Waals surface area contributed by atoms with Crippen LogP contribution in [0.15, 0.2) is 52.2 Å². The zero-order valence-electron chi connectivity index (χ0n) is 20.7. The second-order valence-corrected chi connectivity index (χ2v) is 11.1. The van der Waals surface area contributed by atoms with Gasteiger partial charge in [0.05, 0.1) is 12.8 Å².